The molecule has 0 saturated carbocycles. The lowest BCUT2D eigenvalue weighted by atomic mass is 10.4. The third-order valence-corrected chi connectivity index (χ3v) is 2.69. The van der Waals surface area contributed by atoms with E-state index < -0.39 is 5.97 Å². The maximum Gasteiger partial charge on any atom is 0.371 e. The second-order valence-electron chi connectivity index (χ2n) is 3.91. The summed E-state index contributed by atoms with van der Waals surface area (Å²) < 4.78 is 4.98. The van der Waals surface area contributed by atoms with E-state index in [0.29, 0.717) is 5.88 Å². The SMILES string of the molecule is O=C(O)c1ccc(NCC(=O)N2CCCC2)o1. The van der Waals surface area contributed by atoms with Gasteiger partial charge in [0.05, 0.1) is 6.54 Å². The van der Waals surface area contributed by atoms with Gasteiger partial charge in [-0.3, -0.25) is 4.79 Å². The minimum Gasteiger partial charge on any atom is -0.475 e. The maximum absolute atomic E-state index is 11.7. The van der Waals surface area contributed by atoms with Crippen molar-refractivity contribution in [3.8, 4) is 0 Å². The summed E-state index contributed by atoms with van der Waals surface area (Å²) in [6.45, 7) is 1.74. The Balaban J connectivity index is 1.84. The predicted molar refractivity (Wildman–Crippen MR) is 60.0 cm³/mol. The number of likely N-dealkylation sites (tertiary alicyclic amines) is 1. The molecular formula is C11H14N2O4. The number of amides is 1. The van der Waals surface area contributed by atoms with Crippen molar-refractivity contribution < 1.29 is 19.1 Å². The number of aromatic carboxylic acids is 1. The van der Waals surface area contributed by atoms with Crippen molar-refractivity contribution in [2.45, 2.75) is 12.8 Å². The van der Waals surface area contributed by atoms with Gasteiger partial charge in [0, 0.05) is 19.2 Å². The number of carbonyl (C=O) groups is 2. The Labute approximate surface area is 98.2 Å². The fourth-order valence-electron chi connectivity index (χ4n) is 1.79. The average molecular weight is 238 g/mol. The average Bonchev–Trinajstić information content (AvgIpc) is 2.97. The molecule has 0 bridgehead atoms. The molecule has 0 radical (unpaired) electrons. The van der Waals surface area contributed by atoms with Crippen molar-refractivity contribution in [3.63, 3.8) is 0 Å². The smallest absolute Gasteiger partial charge is 0.371 e. The van der Waals surface area contributed by atoms with Crippen molar-refractivity contribution in [2.75, 3.05) is 25.0 Å². The Kier molecular flexibility index (Phi) is 3.32. The van der Waals surface area contributed by atoms with Crippen LogP contribution >= 0.6 is 0 Å². The van der Waals surface area contributed by atoms with Gasteiger partial charge in [-0.1, -0.05) is 0 Å². The van der Waals surface area contributed by atoms with E-state index in [1.165, 1.54) is 12.1 Å². The number of nitrogens with zero attached hydrogens (tertiary/aromatic N) is 1. The lowest BCUT2D eigenvalue weighted by Crippen LogP contribution is -2.32. The summed E-state index contributed by atoms with van der Waals surface area (Å²) in [6, 6.07) is 2.85. The van der Waals surface area contributed by atoms with Gasteiger partial charge in [0.1, 0.15) is 0 Å². The molecule has 0 spiro atoms. The molecule has 0 atom stereocenters. The van der Waals surface area contributed by atoms with Gasteiger partial charge in [-0.25, -0.2) is 4.79 Å². The predicted octanol–water partition coefficient (Wildman–Crippen LogP) is 1.01. The van der Waals surface area contributed by atoms with E-state index in [2.05, 4.69) is 5.32 Å². The molecule has 6 nitrogen and oxygen atoms in total. The van der Waals surface area contributed by atoms with Gasteiger partial charge in [0.15, 0.2) is 5.88 Å². The Hall–Kier alpha value is -1.98. The summed E-state index contributed by atoms with van der Waals surface area (Å²) >= 11 is 0. The quantitative estimate of drug-likeness (QED) is 0.818. The molecule has 0 unspecified atom stereocenters. The molecule has 1 amide bonds. The van der Waals surface area contributed by atoms with E-state index in [1.807, 2.05) is 0 Å². The number of carbonyl (C=O) groups excluding carboxylic acids is 1. The van der Waals surface area contributed by atoms with Gasteiger partial charge in [-0.2, -0.15) is 0 Å². The van der Waals surface area contributed by atoms with Crippen molar-refractivity contribution in [1.82, 2.24) is 4.90 Å². The van der Waals surface area contributed by atoms with Crippen molar-refractivity contribution in [1.29, 1.82) is 0 Å². The maximum atomic E-state index is 11.7. The summed E-state index contributed by atoms with van der Waals surface area (Å²) in [6.07, 6.45) is 2.10. The van der Waals surface area contributed by atoms with E-state index in [1.54, 1.807) is 4.90 Å². The van der Waals surface area contributed by atoms with Crippen LogP contribution in [0, 0.1) is 0 Å². The monoisotopic (exact) mass is 238 g/mol. The number of hydrogen-bond acceptors (Lipinski definition) is 4. The van der Waals surface area contributed by atoms with E-state index in [4.69, 9.17) is 9.52 Å². The van der Waals surface area contributed by atoms with Crippen LogP contribution in [0.5, 0.6) is 0 Å². The minimum atomic E-state index is -1.12. The molecule has 2 rings (SSSR count). The molecule has 0 aromatic carbocycles. The van der Waals surface area contributed by atoms with Crippen molar-refractivity contribution in [2.24, 2.45) is 0 Å². The molecule has 1 aliphatic rings. The van der Waals surface area contributed by atoms with Gasteiger partial charge in [-0.15, -0.1) is 0 Å². The summed E-state index contributed by atoms with van der Waals surface area (Å²) in [5.41, 5.74) is 0. The van der Waals surface area contributed by atoms with E-state index in [-0.39, 0.29) is 18.2 Å². The topological polar surface area (TPSA) is 82.8 Å². The van der Waals surface area contributed by atoms with Gasteiger partial charge >= 0.3 is 5.97 Å². The Morgan fingerprint density at radius 1 is 1.35 bits per heavy atom. The molecule has 1 fully saturated rings. The summed E-state index contributed by atoms with van der Waals surface area (Å²) in [5.74, 6) is -0.948. The molecule has 0 aliphatic carbocycles. The van der Waals surface area contributed by atoms with Crippen LogP contribution in [0.25, 0.3) is 0 Å². The zero-order valence-corrected chi connectivity index (χ0v) is 9.31. The lowest BCUT2D eigenvalue weighted by molar-refractivity contribution is -0.128. The largest absolute Gasteiger partial charge is 0.475 e. The van der Waals surface area contributed by atoms with Crippen LogP contribution in [0.2, 0.25) is 0 Å². The highest BCUT2D eigenvalue weighted by Crippen LogP contribution is 2.13. The van der Waals surface area contributed by atoms with E-state index in [9.17, 15) is 9.59 Å². The number of carboxylic acids is 1. The van der Waals surface area contributed by atoms with E-state index >= 15 is 0 Å². The Morgan fingerprint density at radius 2 is 2.06 bits per heavy atom. The lowest BCUT2D eigenvalue weighted by Gasteiger charge is -2.14. The van der Waals surface area contributed by atoms with Crippen LogP contribution < -0.4 is 5.32 Å². The zero-order valence-electron chi connectivity index (χ0n) is 9.31. The Morgan fingerprint density at radius 3 is 2.65 bits per heavy atom. The third-order valence-electron chi connectivity index (χ3n) is 2.69. The molecular weight excluding hydrogens is 224 g/mol. The molecule has 1 aliphatic heterocycles. The van der Waals surface area contributed by atoms with Gasteiger partial charge in [0.25, 0.3) is 0 Å². The number of anilines is 1. The first-order chi connectivity index (χ1) is 8.16. The molecule has 2 N–H and O–H groups in total. The zero-order chi connectivity index (χ0) is 12.3. The van der Waals surface area contributed by atoms with Crippen molar-refractivity contribution >= 4 is 17.8 Å². The number of nitrogens with one attached hydrogen (secondary N) is 1. The molecule has 92 valence electrons. The van der Waals surface area contributed by atoms with Crippen LogP contribution in [0.4, 0.5) is 5.88 Å². The molecule has 1 saturated heterocycles. The molecule has 2 heterocycles. The Bertz CT molecular complexity index is 421. The second kappa shape index (κ2) is 4.90. The minimum absolute atomic E-state index is 0.00998. The molecule has 1 aromatic heterocycles. The first-order valence-electron chi connectivity index (χ1n) is 5.51. The fraction of sp³-hybridized carbons (Fsp3) is 0.455. The normalized spacial score (nSPS) is 14.9. The second-order valence-corrected chi connectivity index (χ2v) is 3.91. The number of carboxylic acid groups (broad SMARTS) is 1. The summed E-state index contributed by atoms with van der Waals surface area (Å²) in [7, 11) is 0. The number of rotatable bonds is 4. The standard InChI is InChI=1S/C11H14N2O4/c14-10(13-5-1-2-6-13)7-12-9-4-3-8(17-9)11(15)16/h3-4,12H,1-2,5-7H2,(H,15,16). The van der Waals surface area contributed by atoms with Crippen LogP contribution in [0.1, 0.15) is 23.4 Å². The highest BCUT2D eigenvalue weighted by molar-refractivity contribution is 5.85. The van der Waals surface area contributed by atoms with Gasteiger partial charge < -0.3 is 19.7 Å². The van der Waals surface area contributed by atoms with Crippen molar-refractivity contribution in [3.05, 3.63) is 17.9 Å². The first-order valence-corrected chi connectivity index (χ1v) is 5.51. The summed E-state index contributed by atoms with van der Waals surface area (Å²) in [4.78, 5) is 24.0. The van der Waals surface area contributed by atoms with Crippen LogP contribution in [0.15, 0.2) is 16.5 Å². The number of furan rings is 1. The van der Waals surface area contributed by atoms with Crippen LogP contribution in [0.3, 0.4) is 0 Å². The van der Waals surface area contributed by atoms with E-state index in [0.717, 1.165) is 25.9 Å². The van der Waals surface area contributed by atoms with Crippen LogP contribution in [-0.4, -0.2) is 41.5 Å². The fourth-order valence-corrected chi connectivity index (χ4v) is 1.79. The van der Waals surface area contributed by atoms with Gasteiger partial charge in [-0.05, 0) is 18.9 Å². The number of hydrogen-bond donors (Lipinski definition) is 2. The van der Waals surface area contributed by atoms with Gasteiger partial charge in [0.2, 0.25) is 11.7 Å². The molecule has 1 aromatic rings. The first kappa shape index (κ1) is 11.5. The summed E-state index contributed by atoms with van der Waals surface area (Å²) in [5, 5.41) is 11.4. The highest BCUT2D eigenvalue weighted by atomic mass is 16.4. The third kappa shape index (κ3) is 2.77. The molecule has 17 heavy (non-hydrogen) atoms. The highest BCUT2D eigenvalue weighted by Gasteiger charge is 2.17. The molecule has 6 heteroatoms. The van der Waals surface area contributed by atoms with Crippen LogP contribution in [-0.2, 0) is 4.79 Å².